The van der Waals surface area contributed by atoms with Gasteiger partial charge in [0.2, 0.25) is 0 Å². The van der Waals surface area contributed by atoms with Crippen LogP contribution in [0.1, 0.15) is 12.5 Å². The summed E-state index contributed by atoms with van der Waals surface area (Å²) in [7, 11) is 3.15. The predicted molar refractivity (Wildman–Crippen MR) is 59.9 cm³/mol. The summed E-state index contributed by atoms with van der Waals surface area (Å²) in [5.41, 5.74) is 1.70. The van der Waals surface area contributed by atoms with Crippen LogP contribution in [0.3, 0.4) is 0 Å². The van der Waals surface area contributed by atoms with Gasteiger partial charge in [-0.25, -0.2) is 0 Å². The van der Waals surface area contributed by atoms with Crippen molar-refractivity contribution in [3.63, 3.8) is 0 Å². The maximum Gasteiger partial charge on any atom is 0.128 e. The first kappa shape index (κ1) is 11.0. The molecule has 1 aromatic rings. The molecule has 0 aliphatic heterocycles. The van der Waals surface area contributed by atoms with Crippen molar-refractivity contribution in [3.8, 4) is 5.75 Å². The Balaban J connectivity index is 3.16. The Morgan fingerprint density at radius 3 is 2.64 bits per heavy atom. The van der Waals surface area contributed by atoms with Gasteiger partial charge in [0.15, 0.2) is 0 Å². The number of benzene rings is 1. The largest absolute Gasteiger partial charge is 0.496 e. The van der Waals surface area contributed by atoms with E-state index in [1.807, 2.05) is 25.1 Å². The van der Waals surface area contributed by atoms with Crippen molar-refractivity contribution in [3.05, 3.63) is 28.2 Å². The molecule has 76 valence electrons. The average Bonchev–Trinajstić information content (AvgIpc) is 2.18. The van der Waals surface area contributed by atoms with E-state index in [9.17, 15) is 0 Å². The quantitative estimate of drug-likeness (QED) is 0.616. The van der Waals surface area contributed by atoms with Crippen molar-refractivity contribution in [1.29, 1.82) is 0 Å². The summed E-state index contributed by atoms with van der Waals surface area (Å²) < 4.78 is 6.20. The number of oxime groups is 1. The van der Waals surface area contributed by atoms with Crippen molar-refractivity contribution < 1.29 is 9.57 Å². The highest BCUT2D eigenvalue weighted by Crippen LogP contribution is 2.23. The van der Waals surface area contributed by atoms with Gasteiger partial charge in [0.25, 0.3) is 0 Å². The van der Waals surface area contributed by atoms with Crippen LogP contribution in [0.4, 0.5) is 0 Å². The second-order valence-electron chi connectivity index (χ2n) is 2.70. The minimum atomic E-state index is 0.783. The zero-order valence-electron chi connectivity index (χ0n) is 8.37. The zero-order chi connectivity index (χ0) is 10.6. The molecule has 0 N–H and O–H groups in total. The van der Waals surface area contributed by atoms with Crippen molar-refractivity contribution >= 4 is 21.6 Å². The number of hydrogen-bond donors (Lipinski definition) is 0. The fraction of sp³-hybridized carbons (Fsp3) is 0.300. The number of methoxy groups -OCH3 is 1. The van der Waals surface area contributed by atoms with E-state index in [0.29, 0.717) is 0 Å². The molecule has 0 amide bonds. The number of ether oxygens (including phenoxy) is 1. The fourth-order valence-electron chi connectivity index (χ4n) is 1.15. The van der Waals surface area contributed by atoms with Gasteiger partial charge in [0.05, 0.1) is 12.8 Å². The third-order valence-corrected chi connectivity index (χ3v) is 2.27. The highest BCUT2D eigenvalue weighted by atomic mass is 79.9. The van der Waals surface area contributed by atoms with E-state index in [4.69, 9.17) is 9.57 Å². The zero-order valence-corrected chi connectivity index (χ0v) is 9.96. The van der Waals surface area contributed by atoms with Gasteiger partial charge in [0, 0.05) is 10.0 Å². The molecule has 0 heterocycles. The summed E-state index contributed by atoms with van der Waals surface area (Å²) in [6.07, 6.45) is 0. The molecule has 14 heavy (non-hydrogen) atoms. The molecule has 0 saturated carbocycles. The maximum atomic E-state index is 5.21. The van der Waals surface area contributed by atoms with Crippen LogP contribution in [0.2, 0.25) is 0 Å². The Labute approximate surface area is 91.8 Å². The minimum Gasteiger partial charge on any atom is -0.496 e. The van der Waals surface area contributed by atoms with E-state index < -0.39 is 0 Å². The van der Waals surface area contributed by atoms with Crippen LogP contribution in [0.25, 0.3) is 0 Å². The lowest BCUT2D eigenvalue weighted by Crippen LogP contribution is -1.99. The monoisotopic (exact) mass is 257 g/mol. The van der Waals surface area contributed by atoms with Crippen LogP contribution in [0, 0.1) is 0 Å². The summed E-state index contributed by atoms with van der Waals surface area (Å²) in [4.78, 5) is 4.71. The van der Waals surface area contributed by atoms with Crippen molar-refractivity contribution in [2.75, 3.05) is 14.2 Å². The van der Waals surface area contributed by atoms with Gasteiger partial charge < -0.3 is 9.57 Å². The summed E-state index contributed by atoms with van der Waals surface area (Å²) in [6.45, 7) is 1.87. The minimum absolute atomic E-state index is 0.783. The second kappa shape index (κ2) is 5.00. The third-order valence-electron chi connectivity index (χ3n) is 1.78. The summed E-state index contributed by atoms with van der Waals surface area (Å²) in [5.74, 6) is 0.784. The van der Waals surface area contributed by atoms with Crippen LogP contribution in [-0.2, 0) is 4.84 Å². The lowest BCUT2D eigenvalue weighted by Gasteiger charge is -2.07. The smallest absolute Gasteiger partial charge is 0.128 e. The van der Waals surface area contributed by atoms with Crippen molar-refractivity contribution in [1.82, 2.24) is 0 Å². The number of nitrogens with zero attached hydrogens (tertiary/aromatic N) is 1. The van der Waals surface area contributed by atoms with Gasteiger partial charge in [0.1, 0.15) is 12.9 Å². The molecule has 0 radical (unpaired) electrons. The predicted octanol–water partition coefficient (Wildman–Crippen LogP) is 2.83. The number of hydrogen-bond acceptors (Lipinski definition) is 3. The highest BCUT2D eigenvalue weighted by Gasteiger charge is 2.06. The van der Waals surface area contributed by atoms with Crippen LogP contribution in [0.5, 0.6) is 5.75 Å². The molecule has 1 aromatic carbocycles. The normalized spacial score (nSPS) is 11.3. The molecule has 0 aromatic heterocycles. The Kier molecular flexibility index (Phi) is 3.95. The SMILES string of the molecule is CO/N=C(\C)c1cc(Br)ccc1OC. The number of halogens is 1. The molecular weight excluding hydrogens is 246 g/mol. The first-order valence-corrected chi connectivity index (χ1v) is 4.90. The molecule has 0 aliphatic rings. The first-order chi connectivity index (χ1) is 6.69. The Morgan fingerprint density at radius 2 is 2.07 bits per heavy atom. The Morgan fingerprint density at radius 1 is 1.36 bits per heavy atom. The summed E-state index contributed by atoms with van der Waals surface area (Å²) in [6, 6.07) is 5.74. The molecule has 3 nitrogen and oxygen atoms in total. The molecule has 4 heteroatoms. The second-order valence-corrected chi connectivity index (χ2v) is 3.62. The molecule has 0 fully saturated rings. The van der Waals surface area contributed by atoms with Gasteiger partial charge in [-0.15, -0.1) is 0 Å². The van der Waals surface area contributed by atoms with Gasteiger partial charge in [-0.05, 0) is 25.1 Å². The van der Waals surface area contributed by atoms with Gasteiger partial charge in [-0.3, -0.25) is 0 Å². The van der Waals surface area contributed by atoms with E-state index in [-0.39, 0.29) is 0 Å². The lowest BCUT2D eigenvalue weighted by atomic mass is 10.1. The fourth-order valence-corrected chi connectivity index (χ4v) is 1.51. The third kappa shape index (κ3) is 2.48. The standard InChI is InChI=1S/C10H12BrNO2/c1-7(12-14-3)9-6-8(11)4-5-10(9)13-2/h4-6H,1-3H3/b12-7+. The molecule has 1 rings (SSSR count). The van der Waals surface area contributed by atoms with E-state index in [1.165, 1.54) is 7.11 Å². The van der Waals surface area contributed by atoms with Crippen molar-refractivity contribution in [2.24, 2.45) is 5.16 Å². The van der Waals surface area contributed by atoms with Crippen LogP contribution < -0.4 is 4.74 Å². The Bertz CT molecular complexity index is 350. The molecule has 0 unspecified atom stereocenters. The summed E-state index contributed by atoms with van der Waals surface area (Å²) in [5, 5.41) is 3.86. The van der Waals surface area contributed by atoms with E-state index in [0.717, 1.165) is 21.5 Å². The van der Waals surface area contributed by atoms with Crippen LogP contribution in [0.15, 0.2) is 27.8 Å². The van der Waals surface area contributed by atoms with E-state index in [2.05, 4.69) is 21.1 Å². The lowest BCUT2D eigenvalue weighted by molar-refractivity contribution is 0.213. The van der Waals surface area contributed by atoms with Crippen molar-refractivity contribution in [2.45, 2.75) is 6.92 Å². The summed E-state index contributed by atoms with van der Waals surface area (Å²) >= 11 is 3.39. The van der Waals surface area contributed by atoms with Gasteiger partial charge >= 0.3 is 0 Å². The van der Waals surface area contributed by atoms with Crippen LogP contribution >= 0.6 is 15.9 Å². The molecule has 0 saturated heterocycles. The molecule has 0 spiro atoms. The van der Waals surface area contributed by atoms with E-state index >= 15 is 0 Å². The van der Waals surface area contributed by atoms with Gasteiger partial charge in [-0.1, -0.05) is 21.1 Å². The molecule has 0 aliphatic carbocycles. The average molecular weight is 258 g/mol. The Hall–Kier alpha value is -1.03. The molecule has 0 atom stereocenters. The number of rotatable bonds is 3. The topological polar surface area (TPSA) is 30.8 Å². The van der Waals surface area contributed by atoms with E-state index in [1.54, 1.807) is 7.11 Å². The van der Waals surface area contributed by atoms with Gasteiger partial charge in [-0.2, -0.15) is 0 Å². The molecular formula is C10H12BrNO2. The van der Waals surface area contributed by atoms with Crippen LogP contribution in [-0.4, -0.2) is 19.9 Å². The molecule has 0 bridgehead atoms. The highest BCUT2D eigenvalue weighted by molar-refractivity contribution is 9.10. The first-order valence-electron chi connectivity index (χ1n) is 4.10. The maximum absolute atomic E-state index is 5.21.